The molecule has 26 heavy (non-hydrogen) atoms. The van der Waals surface area contributed by atoms with Crippen molar-refractivity contribution in [3.05, 3.63) is 97.1 Å². The van der Waals surface area contributed by atoms with Crippen LogP contribution in [0.2, 0.25) is 0 Å². The first kappa shape index (κ1) is 14.8. The first-order valence-corrected chi connectivity index (χ1v) is 8.70. The van der Waals surface area contributed by atoms with E-state index in [9.17, 15) is 0 Å². The molecule has 0 aliphatic rings. The predicted molar refractivity (Wildman–Crippen MR) is 108 cm³/mol. The summed E-state index contributed by atoms with van der Waals surface area (Å²) >= 11 is 0. The molecule has 0 saturated heterocycles. The molecule has 0 saturated carbocycles. The van der Waals surface area contributed by atoms with E-state index in [0.29, 0.717) is 0 Å². The summed E-state index contributed by atoms with van der Waals surface area (Å²) < 4.78 is 0. The number of benzene rings is 3. The predicted octanol–water partition coefficient (Wildman–Crippen LogP) is 6.12. The van der Waals surface area contributed by atoms with Crippen molar-refractivity contribution in [2.75, 3.05) is 0 Å². The number of aromatic nitrogens is 2. The second-order valence-corrected chi connectivity index (χ2v) is 6.32. The number of nitrogens with zero attached hydrogens (tertiary/aromatic N) is 2. The van der Waals surface area contributed by atoms with E-state index in [1.807, 2.05) is 36.4 Å². The van der Waals surface area contributed by atoms with Gasteiger partial charge in [0.15, 0.2) is 0 Å². The second kappa shape index (κ2) is 6.08. The lowest BCUT2D eigenvalue weighted by atomic mass is 10.0. The SMILES string of the molecule is c1ccc(-c2ccc3c(ccc4nc(-c5ccccc5)ccc43)n2)cc1. The number of hydrogen-bond acceptors (Lipinski definition) is 2. The van der Waals surface area contributed by atoms with Gasteiger partial charge in [0.25, 0.3) is 0 Å². The summed E-state index contributed by atoms with van der Waals surface area (Å²) in [5.41, 5.74) is 6.23. The van der Waals surface area contributed by atoms with E-state index in [-0.39, 0.29) is 0 Å². The zero-order chi connectivity index (χ0) is 17.3. The third-order valence-electron chi connectivity index (χ3n) is 4.68. The molecule has 0 amide bonds. The highest BCUT2D eigenvalue weighted by atomic mass is 14.7. The quantitative estimate of drug-likeness (QED) is 0.364. The van der Waals surface area contributed by atoms with Gasteiger partial charge in [0.05, 0.1) is 22.4 Å². The molecule has 3 aromatic carbocycles. The van der Waals surface area contributed by atoms with Crippen LogP contribution in [0.5, 0.6) is 0 Å². The van der Waals surface area contributed by atoms with Gasteiger partial charge in [-0.2, -0.15) is 0 Å². The van der Waals surface area contributed by atoms with Crippen LogP contribution in [0.15, 0.2) is 97.1 Å². The fraction of sp³-hybridized carbons (Fsp3) is 0. The summed E-state index contributed by atoms with van der Waals surface area (Å²) in [5.74, 6) is 0. The maximum Gasteiger partial charge on any atom is 0.0717 e. The van der Waals surface area contributed by atoms with Gasteiger partial charge >= 0.3 is 0 Å². The lowest BCUT2D eigenvalue weighted by molar-refractivity contribution is 1.38. The van der Waals surface area contributed by atoms with Gasteiger partial charge in [-0.15, -0.1) is 0 Å². The van der Waals surface area contributed by atoms with Crippen LogP contribution < -0.4 is 0 Å². The number of rotatable bonds is 2. The molecule has 5 aromatic rings. The average molecular weight is 332 g/mol. The molecule has 2 heteroatoms. The van der Waals surface area contributed by atoms with E-state index >= 15 is 0 Å². The van der Waals surface area contributed by atoms with Gasteiger partial charge in [0.2, 0.25) is 0 Å². The monoisotopic (exact) mass is 332 g/mol. The summed E-state index contributed by atoms with van der Waals surface area (Å²) in [6.45, 7) is 0. The summed E-state index contributed by atoms with van der Waals surface area (Å²) in [4.78, 5) is 9.70. The van der Waals surface area contributed by atoms with E-state index in [1.165, 1.54) is 0 Å². The van der Waals surface area contributed by atoms with E-state index in [4.69, 9.17) is 9.97 Å². The number of fused-ring (bicyclic) bond motifs is 3. The van der Waals surface area contributed by atoms with Crippen molar-refractivity contribution in [2.24, 2.45) is 0 Å². The molecule has 0 aliphatic carbocycles. The molecular formula is C24H16N2. The zero-order valence-corrected chi connectivity index (χ0v) is 14.1. The Morgan fingerprint density at radius 1 is 0.385 bits per heavy atom. The Morgan fingerprint density at radius 3 is 1.23 bits per heavy atom. The lowest BCUT2D eigenvalue weighted by Gasteiger charge is -2.08. The minimum absolute atomic E-state index is 0.992. The molecule has 122 valence electrons. The van der Waals surface area contributed by atoms with Crippen LogP contribution in [0.1, 0.15) is 0 Å². The smallest absolute Gasteiger partial charge is 0.0717 e. The first-order valence-electron chi connectivity index (χ1n) is 8.70. The Labute approximate surface area is 151 Å². The van der Waals surface area contributed by atoms with Gasteiger partial charge in [-0.25, -0.2) is 9.97 Å². The van der Waals surface area contributed by atoms with Crippen molar-refractivity contribution >= 4 is 21.8 Å². The van der Waals surface area contributed by atoms with Gasteiger partial charge < -0.3 is 0 Å². The number of pyridine rings is 2. The Hall–Kier alpha value is -3.52. The summed E-state index contributed by atoms with van der Waals surface area (Å²) in [7, 11) is 0. The van der Waals surface area contributed by atoms with Gasteiger partial charge in [-0.1, -0.05) is 60.7 Å². The molecule has 0 unspecified atom stereocenters. The van der Waals surface area contributed by atoms with Crippen LogP contribution >= 0.6 is 0 Å². The van der Waals surface area contributed by atoms with Gasteiger partial charge in [-0.05, 0) is 36.4 Å². The lowest BCUT2D eigenvalue weighted by Crippen LogP contribution is -1.89. The summed E-state index contributed by atoms with van der Waals surface area (Å²) in [6.07, 6.45) is 0. The van der Waals surface area contributed by atoms with Crippen LogP contribution in [-0.2, 0) is 0 Å². The van der Waals surface area contributed by atoms with Crippen LogP contribution in [-0.4, -0.2) is 9.97 Å². The molecule has 0 N–H and O–H groups in total. The minimum atomic E-state index is 0.992. The van der Waals surface area contributed by atoms with E-state index in [2.05, 4.69) is 60.7 Å². The van der Waals surface area contributed by atoms with Crippen LogP contribution in [0, 0.1) is 0 Å². The number of hydrogen-bond donors (Lipinski definition) is 0. The molecule has 2 heterocycles. The fourth-order valence-electron chi connectivity index (χ4n) is 3.36. The minimum Gasteiger partial charge on any atom is -0.248 e. The topological polar surface area (TPSA) is 25.8 Å². The van der Waals surface area contributed by atoms with Crippen LogP contribution in [0.3, 0.4) is 0 Å². The molecule has 5 rings (SSSR count). The molecular weight excluding hydrogens is 316 g/mol. The Kier molecular flexibility index (Phi) is 3.46. The van der Waals surface area contributed by atoms with Gasteiger partial charge in [0.1, 0.15) is 0 Å². The summed E-state index contributed by atoms with van der Waals surface area (Å²) in [5, 5.41) is 2.27. The van der Waals surface area contributed by atoms with E-state index in [1.54, 1.807) is 0 Å². The van der Waals surface area contributed by atoms with Gasteiger partial charge in [0, 0.05) is 21.9 Å². The van der Waals surface area contributed by atoms with Gasteiger partial charge in [-0.3, -0.25) is 0 Å². The highest BCUT2D eigenvalue weighted by Gasteiger charge is 2.07. The molecule has 2 nitrogen and oxygen atoms in total. The highest BCUT2D eigenvalue weighted by molar-refractivity contribution is 6.05. The van der Waals surface area contributed by atoms with Crippen molar-refractivity contribution in [3.8, 4) is 22.5 Å². The fourth-order valence-corrected chi connectivity index (χ4v) is 3.36. The standard InChI is InChI=1S/C24H16N2/c1-3-7-17(8-4-1)21-13-11-19-20-12-14-22(18-9-5-2-6-10-18)26-24(20)16-15-23(19)25-21/h1-16H. The zero-order valence-electron chi connectivity index (χ0n) is 14.1. The molecule has 0 fully saturated rings. The van der Waals surface area contributed by atoms with Crippen molar-refractivity contribution in [3.63, 3.8) is 0 Å². The molecule has 0 spiro atoms. The molecule has 0 aliphatic heterocycles. The second-order valence-electron chi connectivity index (χ2n) is 6.32. The first-order chi connectivity index (χ1) is 12.9. The molecule has 2 aromatic heterocycles. The summed E-state index contributed by atoms with van der Waals surface area (Å²) in [6, 6.07) is 33.1. The van der Waals surface area contributed by atoms with Crippen molar-refractivity contribution in [1.82, 2.24) is 9.97 Å². The third-order valence-corrected chi connectivity index (χ3v) is 4.68. The van der Waals surface area contributed by atoms with E-state index in [0.717, 1.165) is 44.3 Å². The average Bonchev–Trinajstić information content (AvgIpc) is 2.74. The Morgan fingerprint density at radius 2 is 0.808 bits per heavy atom. The molecule has 0 radical (unpaired) electrons. The maximum absolute atomic E-state index is 4.85. The third kappa shape index (κ3) is 2.52. The maximum atomic E-state index is 4.85. The van der Waals surface area contributed by atoms with Crippen molar-refractivity contribution in [1.29, 1.82) is 0 Å². The molecule has 0 atom stereocenters. The van der Waals surface area contributed by atoms with E-state index < -0.39 is 0 Å². The normalized spacial score (nSPS) is 11.1. The van der Waals surface area contributed by atoms with Crippen LogP contribution in [0.4, 0.5) is 0 Å². The highest BCUT2D eigenvalue weighted by Crippen LogP contribution is 2.28. The van der Waals surface area contributed by atoms with Crippen molar-refractivity contribution < 1.29 is 0 Å². The van der Waals surface area contributed by atoms with Crippen molar-refractivity contribution in [2.45, 2.75) is 0 Å². The Bertz CT molecular complexity index is 1110. The molecule has 0 bridgehead atoms. The Balaban J connectivity index is 1.66. The largest absolute Gasteiger partial charge is 0.248 e. The van der Waals surface area contributed by atoms with Crippen LogP contribution in [0.25, 0.3) is 44.3 Å².